The van der Waals surface area contributed by atoms with Crippen molar-refractivity contribution >= 4 is 33.2 Å². The van der Waals surface area contributed by atoms with Crippen LogP contribution in [0.1, 0.15) is 12.0 Å². The van der Waals surface area contributed by atoms with Gasteiger partial charge in [0.05, 0.1) is 4.90 Å². The maximum Gasteiger partial charge on any atom is 0.175 e. The highest BCUT2D eigenvalue weighted by atomic mass is 35.5. The van der Waals surface area contributed by atoms with Gasteiger partial charge in [-0.1, -0.05) is 17.7 Å². The summed E-state index contributed by atoms with van der Waals surface area (Å²) in [6, 6.07) is 5.48. The zero-order valence-electron chi connectivity index (χ0n) is 10.1. The van der Waals surface area contributed by atoms with Crippen LogP contribution in [-0.2, 0) is 16.4 Å². The fourth-order valence-electron chi connectivity index (χ4n) is 2.00. The minimum atomic E-state index is -3.23. The van der Waals surface area contributed by atoms with Crippen molar-refractivity contribution in [3.05, 3.63) is 28.8 Å². The Morgan fingerprint density at radius 1 is 1.50 bits per heavy atom. The lowest BCUT2D eigenvalue weighted by Crippen LogP contribution is -2.28. The van der Waals surface area contributed by atoms with Crippen LogP contribution in [-0.4, -0.2) is 32.2 Å². The molecule has 0 amide bonds. The van der Waals surface area contributed by atoms with E-state index in [-0.39, 0.29) is 0 Å². The summed E-state index contributed by atoms with van der Waals surface area (Å²) in [5, 5.41) is 3.89. The van der Waals surface area contributed by atoms with Gasteiger partial charge in [0.1, 0.15) is 0 Å². The lowest BCUT2D eigenvalue weighted by atomic mass is 10.2. The number of sulfone groups is 1. The van der Waals surface area contributed by atoms with Gasteiger partial charge in [-0.3, -0.25) is 0 Å². The van der Waals surface area contributed by atoms with E-state index in [1.807, 2.05) is 11.8 Å². The monoisotopic (exact) mass is 305 g/mol. The topological polar surface area (TPSA) is 46.2 Å². The Morgan fingerprint density at radius 2 is 2.28 bits per heavy atom. The second-order valence-corrected chi connectivity index (χ2v) is 7.97. The Bertz CT molecular complexity index is 525. The van der Waals surface area contributed by atoms with E-state index in [1.54, 1.807) is 18.2 Å². The van der Waals surface area contributed by atoms with E-state index in [0.717, 1.165) is 12.2 Å². The molecule has 1 aromatic rings. The second-order valence-electron chi connectivity index (χ2n) is 4.43. The van der Waals surface area contributed by atoms with Crippen LogP contribution in [0.2, 0.25) is 5.02 Å². The van der Waals surface area contributed by atoms with Gasteiger partial charge in [0.2, 0.25) is 0 Å². The van der Waals surface area contributed by atoms with Crippen molar-refractivity contribution in [2.24, 2.45) is 0 Å². The molecule has 0 bridgehead atoms. The molecule has 1 aromatic carbocycles. The molecule has 1 aliphatic heterocycles. The SMILES string of the molecule is CS(=O)(=O)c1cccc(Cl)c1CNC1CCSC1. The highest BCUT2D eigenvalue weighted by molar-refractivity contribution is 7.99. The molecule has 18 heavy (non-hydrogen) atoms. The molecule has 0 radical (unpaired) electrons. The third-order valence-corrected chi connectivity index (χ3v) is 5.67. The van der Waals surface area contributed by atoms with Crippen LogP contribution in [0.5, 0.6) is 0 Å². The summed E-state index contributed by atoms with van der Waals surface area (Å²) >= 11 is 8.03. The van der Waals surface area contributed by atoms with Crippen LogP contribution >= 0.6 is 23.4 Å². The Balaban J connectivity index is 2.20. The van der Waals surface area contributed by atoms with Gasteiger partial charge < -0.3 is 5.32 Å². The molecule has 1 N–H and O–H groups in total. The maximum absolute atomic E-state index is 11.7. The molecule has 6 heteroatoms. The van der Waals surface area contributed by atoms with E-state index in [2.05, 4.69) is 5.32 Å². The lowest BCUT2D eigenvalue weighted by molar-refractivity contribution is 0.551. The van der Waals surface area contributed by atoms with Crippen molar-refractivity contribution in [3.8, 4) is 0 Å². The smallest absolute Gasteiger partial charge is 0.175 e. The molecule has 2 rings (SSSR count). The standard InChI is InChI=1S/C12H16ClNO2S2/c1-18(15,16)12-4-2-3-11(13)10(12)7-14-9-5-6-17-8-9/h2-4,9,14H,5-8H2,1H3. The second kappa shape index (κ2) is 5.82. The number of nitrogens with one attached hydrogen (secondary N) is 1. The summed E-state index contributed by atoms with van der Waals surface area (Å²) in [6.45, 7) is 0.507. The molecule has 1 atom stereocenters. The van der Waals surface area contributed by atoms with Gasteiger partial charge in [0.15, 0.2) is 9.84 Å². The number of benzene rings is 1. The van der Waals surface area contributed by atoms with Crippen LogP contribution < -0.4 is 5.32 Å². The van der Waals surface area contributed by atoms with Gasteiger partial charge in [0, 0.05) is 35.2 Å². The molecule has 0 spiro atoms. The zero-order valence-corrected chi connectivity index (χ0v) is 12.5. The lowest BCUT2D eigenvalue weighted by Gasteiger charge is -2.14. The molecule has 1 saturated heterocycles. The number of rotatable bonds is 4. The first-order chi connectivity index (χ1) is 8.48. The summed E-state index contributed by atoms with van der Waals surface area (Å²) in [5.41, 5.74) is 0.679. The highest BCUT2D eigenvalue weighted by Gasteiger charge is 2.19. The molecule has 1 fully saturated rings. The zero-order chi connectivity index (χ0) is 13.2. The van der Waals surface area contributed by atoms with Crippen LogP contribution in [0.25, 0.3) is 0 Å². The molecule has 100 valence electrons. The quantitative estimate of drug-likeness (QED) is 0.927. The Labute approximate surface area is 117 Å². The van der Waals surface area contributed by atoms with Crippen molar-refractivity contribution in [2.45, 2.75) is 23.9 Å². The molecule has 1 aliphatic rings. The van der Waals surface area contributed by atoms with Crippen LogP contribution in [0.15, 0.2) is 23.1 Å². The average Bonchev–Trinajstić information content (AvgIpc) is 2.78. The summed E-state index contributed by atoms with van der Waals surface area (Å²) in [5.74, 6) is 2.25. The van der Waals surface area contributed by atoms with Crippen molar-refractivity contribution in [1.82, 2.24) is 5.32 Å². The molecular weight excluding hydrogens is 290 g/mol. The van der Waals surface area contributed by atoms with Crippen molar-refractivity contribution in [2.75, 3.05) is 17.8 Å². The van der Waals surface area contributed by atoms with E-state index in [9.17, 15) is 8.42 Å². The minimum Gasteiger partial charge on any atom is -0.309 e. The third-order valence-electron chi connectivity index (χ3n) is 2.97. The van der Waals surface area contributed by atoms with Gasteiger partial charge in [-0.25, -0.2) is 8.42 Å². The molecular formula is C12H16ClNO2S2. The Kier molecular flexibility index (Phi) is 4.59. The molecule has 1 unspecified atom stereocenters. The molecule has 1 heterocycles. The fraction of sp³-hybridized carbons (Fsp3) is 0.500. The van der Waals surface area contributed by atoms with E-state index in [4.69, 9.17) is 11.6 Å². The van der Waals surface area contributed by atoms with Crippen molar-refractivity contribution in [1.29, 1.82) is 0 Å². The number of hydrogen-bond donors (Lipinski definition) is 1. The summed E-state index contributed by atoms with van der Waals surface area (Å²) in [7, 11) is -3.23. The molecule has 0 saturated carbocycles. The molecule has 0 aromatic heterocycles. The largest absolute Gasteiger partial charge is 0.309 e. The molecule has 3 nitrogen and oxygen atoms in total. The normalized spacial score (nSPS) is 20.2. The van der Waals surface area contributed by atoms with Gasteiger partial charge in [0.25, 0.3) is 0 Å². The Hall–Kier alpha value is -0.230. The Morgan fingerprint density at radius 3 is 2.89 bits per heavy atom. The van der Waals surface area contributed by atoms with Gasteiger partial charge >= 0.3 is 0 Å². The van der Waals surface area contributed by atoms with E-state index >= 15 is 0 Å². The highest BCUT2D eigenvalue weighted by Crippen LogP contribution is 2.25. The van der Waals surface area contributed by atoms with Gasteiger partial charge in [-0.05, 0) is 24.3 Å². The predicted molar refractivity (Wildman–Crippen MR) is 77.1 cm³/mol. The first kappa shape index (κ1) is 14.2. The van der Waals surface area contributed by atoms with Gasteiger partial charge in [-0.2, -0.15) is 11.8 Å². The fourth-order valence-corrected chi connectivity index (χ4v) is 4.44. The van der Waals surface area contributed by atoms with E-state index in [0.29, 0.717) is 28.1 Å². The number of hydrogen-bond acceptors (Lipinski definition) is 4. The van der Waals surface area contributed by atoms with Crippen molar-refractivity contribution in [3.63, 3.8) is 0 Å². The predicted octanol–water partition coefficient (Wildman–Crippen LogP) is 2.34. The summed E-state index contributed by atoms with van der Waals surface area (Å²) in [6.07, 6.45) is 2.34. The molecule has 0 aliphatic carbocycles. The van der Waals surface area contributed by atoms with Gasteiger partial charge in [-0.15, -0.1) is 0 Å². The summed E-state index contributed by atoms with van der Waals surface area (Å²) < 4.78 is 23.4. The maximum atomic E-state index is 11.7. The first-order valence-corrected chi connectivity index (χ1v) is 9.19. The van der Waals surface area contributed by atoms with Crippen molar-refractivity contribution < 1.29 is 8.42 Å². The third kappa shape index (κ3) is 3.41. The summed E-state index contributed by atoms with van der Waals surface area (Å²) in [4.78, 5) is 0.327. The number of halogens is 1. The average molecular weight is 306 g/mol. The van der Waals surface area contributed by atoms with E-state index in [1.165, 1.54) is 12.0 Å². The first-order valence-electron chi connectivity index (χ1n) is 5.77. The number of thioether (sulfide) groups is 1. The van der Waals surface area contributed by atoms with E-state index < -0.39 is 9.84 Å². The van der Waals surface area contributed by atoms with Crippen LogP contribution in [0.4, 0.5) is 0 Å². The van der Waals surface area contributed by atoms with Crippen LogP contribution in [0.3, 0.4) is 0 Å². The van der Waals surface area contributed by atoms with Crippen LogP contribution in [0, 0.1) is 0 Å². The minimum absolute atomic E-state index is 0.327.